The number of carbonyl (C=O) groups is 2. The van der Waals surface area contributed by atoms with Gasteiger partial charge in [0.1, 0.15) is 5.75 Å². The predicted octanol–water partition coefficient (Wildman–Crippen LogP) is 6.20. The zero-order chi connectivity index (χ0) is 26.1. The Labute approximate surface area is 216 Å². The molecule has 0 bridgehead atoms. The summed E-state index contributed by atoms with van der Waals surface area (Å²) in [5.74, 6) is 1.06. The van der Waals surface area contributed by atoms with Crippen LogP contribution in [0.15, 0.2) is 48.5 Å². The Bertz CT molecular complexity index is 1340. The van der Waals surface area contributed by atoms with Gasteiger partial charge in [-0.3, -0.25) is 9.69 Å². The van der Waals surface area contributed by atoms with Crippen molar-refractivity contribution < 1.29 is 24.2 Å². The minimum atomic E-state index is -0.721. The van der Waals surface area contributed by atoms with E-state index in [4.69, 9.17) is 14.5 Å². The average molecular weight is 504 g/mol. The Morgan fingerprint density at radius 2 is 1.78 bits per heavy atom. The van der Waals surface area contributed by atoms with E-state index in [0.717, 1.165) is 59.5 Å². The van der Waals surface area contributed by atoms with Crippen LogP contribution in [-0.2, 0) is 16.0 Å². The molecule has 194 valence electrons. The molecule has 2 heterocycles. The fourth-order valence-corrected chi connectivity index (χ4v) is 5.75. The number of anilines is 1. The number of aryl methyl sites for hydroxylation is 1. The Morgan fingerprint density at radius 3 is 2.43 bits per heavy atom. The number of nitrogens with zero attached hydrogens (tertiary/aromatic N) is 3. The van der Waals surface area contributed by atoms with Crippen LogP contribution in [0.3, 0.4) is 0 Å². The average Bonchev–Trinajstić information content (AvgIpc) is 3.31. The third-order valence-corrected chi connectivity index (χ3v) is 7.69. The molecule has 1 fully saturated rings. The number of ether oxygens (including phenoxy) is 2. The molecule has 1 aromatic heterocycles. The minimum absolute atomic E-state index is 0.0257. The largest absolute Gasteiger partial charge is 0.481 e. The quantitative estimate of drug-likeness (QED) is 0.417. The van der Waals surface area contributed by atoms with Crippen molar-refractivity contribution in [3.8, 4) is 5.75 Å². The normalized spacial score (nSPS) is 22.0. The maximum atomic E-state index is 12.6. The van der Waals surface area contributed by atoms with E-state index in [1.807, 2.05) is 62.4 Å². The lowest BCUT2D eigenvalue weighted by Crippen LogP contribution is -2.42. The zero-order valence-electron chi connectivity index (χ0n) is 21.5. The number of carboxylic acids is 1. The molecule has 1 aliphatic heterocycles. The molecular formula is C29H33N3O5. The monoisotopic (exact) mass is 503 g/mol. The summed E-state index contributed by atoms with van der Waals surface area (Å²) in [5.41, 5.74) is 3.68. The van der Waals surface area contributed by atoms with E-state index < -0.39 is 5.97 Å². The number of fused-ring (bicyclic) bond motifs is 3. The van der Waals surface area contributed by atoms with Crippen LogP contribution in [0.5, 0.6) is 5.75 Å². The molecule has 3 aromatic rings. The molecule has 1 atom stereocenters. The second kappa shape index (κ2) is 10.3. The Kier molecular flexibility index (Phi) is 6.91. The highest BCUT2D eigenvalue weighted by atomic mass is 16.5. The highest BCUT2D eigenvalue weighted by Gasteiger charge is 2.34. The molecular weight excluding hydrogens is 470 g/mol. The number of para-hydroxylation sites is 1. The van der Waals surface area contributed by atoms with Crippen molar-refractivity contribution >= 4 is 34.5 Å². The molecule has 0 saturated heterocycles. The molecule has 1 N–H and O–H groups in total. The first-order valence-corrected chi connectivity index (χ1v) is 13.0. The summed E-state index contributed by atoms with van der Waals surface area (Å²) in [6.45, 7) is 3.96. The van der Waals surface area contributed by atoms with Crippen LogP contribution in [0.1, 0.15) is 63.4 Å². The van der Waals surface area contributed by atoms with Crippen molar-refractivity contribution in [2.75, 3.05) is 12.0 Å². The van der Waals surface area contributed by atoms with Gasteiger partial charge in [0, 0.05) is 17.6 Å². The molecule has 1 aliphatic carbocycles. The second-order valence-corrected chi connectivity index (χ2v) is 9.88. The van der Waals surface area contributed by atoms with E-state index >= 15 is 0 Å². The van der Waals surface area contributed by atoms with Crippen LogP contribution in [0.2, 0.25) is 0 Å². The fourth-order valence-electron chi connectivity index (χ4n) is 5.75. The maximum absolute atomic E-state index is 12.6. The molecule has 2 aliphatic rings. The molecule has 1 amide bonds. The van der Waals surface area contributed by atoms with E-state index in [1.54, 1.807) is 4.90 Å². The number of carbonyl (C=O) groups excluding carboxylic acids is 1. The molecule has 0 radical (unpaired) electrons. The number of benzene rings is 2. The highest BCUT2D eigenvalue weighted by molar-refractivity contribution is 5.96. The lowest BCUT2D eigenvalue weighted by Gasteiger charge is -2.34. The maximum Gasteiger partial charge on any atom is 0.414 e. The first kappa shape index (κ1) is 24.9. The van der Waals surface area contributed by atoms with Gasteiger partial charge in [-0.05, 0) is 82.7 Å². The molecule has 2 aromatic carbocycles. The third-order valence-electron chi connectivity index (χ3n) is 7.69. The van der Waals surface area contributed by atoms with Crippen LogP contribution < -0.4 is 9.64 Å². The molecule has 5 rings (SSSR count). The van der Waals surface area contributed by atoms with Gasteiger partial charge in [0.15, 0.2) is 11.6 Å². The van der Waals surface area contributed by atoms with E-state index in [0.29, 0.717) is 18.6 Å². The van der Waals surface area contributed by atoms with Gasteiger partial charge in [0.25, 0.3) is 0 Å². The Hall–Kier alpha value is -3.81. The molecule has 8 heteroatoms. The summed E-state index contributed by atoms with van der Waals surface area (Å²) < 4.78 is 13.6. The summed E-state index contributed by atoms with van der Waals surface area (Å²) in [6, 6.07) is 13.8. The number of rotatable bonds is 5. The van der Waals surface area contributed by atoms with Crippen LogP contribution in [-0.4, -0.2) is 39.9 Å². The summed E-state index contributed by atoms with van der Waals surface area (Å²) in [5, 5.41) is 9.52. The number of amides is 1. The number of allylic oxidation sites excluding steroid dienone is 1. The van der Waals surface area contributed by atoms with Crippen molar-refractivity contribution in [3.63, 3.8) is 0 Å². The van der Waals surface area contributed by atoms with Crippen LogP contribution >= 0.6 is 0 Å². The smallest absolute Gasteiger partial charge is 0.414 e. The molecule has 8 nitrogen and oxygen atoms in total. The summed E-state index contributed by atoms with van der Waals surface area (Å²) in [4.78, 5) is 31.1. The summed E-state index contributed by atoms with van der Waals surface area (Å²) >= 11 is 0. The SMILES string of the molecule is C/C=C(/Oc1ccccc1)c1nc2c3c(ccc2n1C1CCC(C(=O)O)CC1)N(C(=O)OC)C(C)CC3. The molecule has 37 heavy (non-hydrogen) atoms. The van der Waals surface area contributed by atoms with E-state index in [2.05, 4.69) is 4.57 Å². The first-order chi connectivity index (χ1) is 17.9. The minimum Gasteiger partial charge on any atom is -0.481 e. The topological polar surface area (TPSA) is 93.9 Å². The van der Waals surface area contributed by atoms with Crippen molar-refractivity contribution in [1.82, 2.24) is 9.55 Å². The number of methoxy groups -OCH3 is 1. The lowest BCUT2D eigenvalue weighted by molar-refractivity contribution is -0.143. The second-order valence-electron chi connectivity index (χ2n) is 9.88. The first-order valence-electron chi connectivity index (χ1n) is 13.0. The van der Waals surface area contributed by atoms with Gasteiger partial charge in [0.2, 0.25) is 0 Å². The number of carboxylic acid groups (broad SMARTS) is 1. The number of aromatic nitrogens is 2. The van der Waals surface area contributed by atoms with Crippen molar-refractivity contribution in [2.24, 2.45) is 5.92 Å². The predicted molar refractivity (Wildman–Crippen MR) is 142 cm³/mol. The van der Waals surface area contributed by atoms with Gasteiger partial charge in [-0.25, -0.2) is 9.78 Å². The van der Waals surface area contributed by atoms with Gasteiger partial charge < -0.3 is 19.1 Å². The van der Waals surface area contributed by atoms with E-state index in [1.165, 1.54) is 7.11 Å². The van der Waals surface area contributed by atoms with Gasteiger partial charge >= 0.3 is 12.1 Å². The summed E-state index contributed by atoms with van der Waals surface area (Å²) in [6.07, 6.45) is 5.91. The van der Waals surface area contributed by atoms with Crippen LogP contribution in [0.25, 0.3) is 16.8 Å². The van der Waals surface area contributed by atoms with Crippen molar-refractivity contribution in [1.29, 1.82) is 0 Å². The van der Waals surface area contributed by atoms with Crippen LogP contribution in [0.4, 0.5) is 10.5 Å². The number of hydrogen-bond donors (Lipinski definition) is 1. The van der Waals surface area contributed by atoms with E-state index in [-0.39, 0.29) is 24.1 Å². The lowest BCUT2D eigenvalue weighted by atomic mass is 9.86. The van der Waals surface area contributed by atoms with Gasteiger partial charge in [-0.1, -0.05) is 18.2 Å². The molecule has 1 saturated carbocycles. The molecule has 1 unspecified atom stereocenters. The highest BCUT2D eigenvalue weighted by Crippen LogP contribution is 2.41. The molecule has 0 spiro atoms. The number of hydrogen-bond acceptors (Lipinski definition) is 5. The van der Waals surface area contributed by atoms with Crippen LogP contribution in [0, 0.1) is 5.92 Å². The van der Waals surface area contributed by atoms with Crippen molar-refractivity contribution in [2.45, 2.75) is 64.5 Å². The third kappa shape index (κ3) is 4.56. The standard InChI is InChI=1S/C29H33N3O5/c1-4-25(37-21-8-6-5-7-9-21)27-30-26-22-15-10-18(2)31(29(35)36-3)23(22)16-17-24(26)32(27)20-13-11-19(12-14-20)28(33)34/h4-9,16-20H,10-15H2,1-3H3,(H,33,34)/b25-4+. The van der Waals surface area contributed by atoms with Gasteiger partial charge in [-0.2, -0.15) is 0 Å². The van der Waals surface area contributed by atoms with E-state index in [9.17, 15) is 14.7 Å². The Morgan fingerprint density at radius 1 is 1.05 bits per heavy atom. The summed E-state index contributed by atoms with van der Waals surface area (Å²) in [7, 11) is 1.40. The zero-order valence-corrected chi connectivity index (χ0v) is 21.5. The van der Waals surface area contributed by atoms with Gasteiger partial charge in [-0.15, -0.1) is 0 Å². The number of aliphatic carboxylic acids is 1. The number of imidazole rings is 1. The Balaban J connectivity index is 1.64. The fraction of sp³-hybridized carbons (Fsp3) is 0.414. The van der Waals surface area contributed by atoms with Crippen molar-refractivity contribution in [3.05, 3.63) is 59.9 Å². The van der Waals surface area contributed by atoms with Gasteiger partial charge in [0.05, 0.1) is 29.7 Å².